The summed E-state index contributed by atoms with van der Waals surface area (Å²) in [7, 11) is 0. The highest BCUT2D eigenvalue weighted by atomic mass is 32.1. The SMILES string of the molecule is OCC1c2ccccc2CCN1Cc1cccs1. The van der Waals surface area contributed by atoms with Gasteiger partial charge >= 0.3 is 0 Å². The summed E-state index contributed by atoms with van der Waals surface area (Å²) in [5.74, 6) is 0. The second-order valence-electron chi connectivity index (χ2n) is 4.70. The van der Waals surface area contributed by atoms with Crippen molar-refractivity contribution in [3.8, 4) is 0 Å². The van der Waals surface area contributed by atoms with Crippen molar-refractivity contribution in [2.45, 2.75) is 19.0 Å². The summed E-state index contributed by atoms with van der Waals surface area (Å²) in [6, 6.07) is 12.9. The van der Waals surface area contributed by atoms with E-state index in [0.29, 0.717) is 0 Å². The molecule has 1 aliphatic rings. The standard InChI is InChI=1S/C15H17NOS/c17-11-15-14-6-2-1-4-12(14)7-8-16(15)10-13-5-3-9-18-13/h1-6,9,15,17H,7-8,10-11H2. The summed E-state index contributed by atoms with van der Waals surface area (Å²) in [4.78, 5) is 3.75. The molecule has 0 saturated heterocycles. The lowest BCUT2D eigenvalue weighted by Gasteiger charge is -2.36. The van der Waals surface area contributed by atoms with Gasteiger partial charge in [0.25, 0.3) is 0 Å². The second-order valence-corrected chi connectivity index (χ2v) is 5.73. The van der Waals surface area contributed by atoms with Gasteiger partial charge in [-0.3, -0.25) is 4.90 Å². The third kappa shape index (κ3) is 2.21. The van der Waals surface area contributed by atoms with E-state index in [1.54, 1.807) is 11.3 Å². The average Bonchev–Trinajstić information content (AvgIpc) is 2.91. The van der Waals surface area contributed by atoms with Gasteiger partial charge in [0.15, 0.2) is 0 Å². The molecule has 94 valence electrons. The molecule has 1 aromatic heterocycles. The monoisotopic (exact) mass is 259 g/mol. The van der Waals surface area contributed by atoms with Crippen LogP contribution in [0, 0.1) is 0 Å². The first kappa shape index (κ1) is 11.9. The lowest BCUT2D eigenvalue weighted by Crippen LogP contribution is -2.36. The Bertz CT molecular complexity index is 509. The Labute approximate surface area is 112 Å². The lowest BCUT2D eigenvalue weighted by atomic mass is 9.93. The van der Waals surface area contributed by atoms with Gasteiger partial charge in [0.1, 0.15) is 0 Å². The molecule has 1 atom stereocenters. The van der Waals surface area contributed by atoms with Crippen LogP contribution in [0.4, 0.5) is 0 Å². The molecule has 1 aromatic carbocycles. The van der Waals surface area contributed by atoms with Gasteiger partial charge in [-0.15, -0.1) is 11.3 Å². The summed E-state index contributed by atoms with van der Waals surface area (Å²) >= 11 is 1.79. The Hall–Kier alpha value is -1.16. The maximum atomic E-state index is 9.70. The van der Waals surface area contributed by atoms with E-state index in [-0.39, 0.29) is 12.6 Å². The molecule has 2 aromatic rings. The van der Waals surface area contributed by atoms with Crippen LogP contribution in [-0.2, 0) is 13.0 Å². The highest BCUT2D eigenvalue weighted by Gasteiger charge is 2.26. The largest absolute Gasteiger partial charge is 0.394 e. The van der Waals surface area contributed by atoms with Crippen LogP contribution in [0.25, 0.3) is 0 Å². The number of fused-ring (bicyclic) bond motifs is 1. The van der Waals surface area contributed by atoms with E-state index >= 15 is 0 Å². The third-order valence-electron chi connectivity index (χ3n) is 3.64. The lowest BCUT2D eigenvalue weighted by molar-refractivity contribution is 0.109. The van der Waals surface area contributed by atoms with Crippen molar-refractivity contribution in [2.24, 2.45) is 0 Å². The molecule has 3 heteroatoms. The van der Waals surface area contributed by atoms with E-state index in [9.17, 15) is 5.11 Å². The minimum atomic E-state index is 0.150. The van der Waals surface area contributed by atoms with Gasteiger partial charge in [-0.25, -0.2) is 0 Å². The fourth-order valence-electron chi connectivity index (χ4n) is 2.71. The van der Waals surface area contributed by atoms with E-state index in [0.717, 1.165) is 19.5 Å². The van der Waals surface area contributed by atoms with Crippen molar-refractivity contribution in [3.63, 3.8) is 0 Å². The highest BCUT2D eigenvalue weighted by molar-refractivity contribution is 7.09. The molecule has 0 fully saturated rings. The van der Waals surface area contributed by atoms with Crippen molar-refractivity contribution in [2.75, 3.05) is 13.2 Å². The van der Waals surface area contributed by atoms with Crippen LogP contribution in [-0.4, -0.2) is 23.2 Å². The van der Waals surface area contributed by atoms with Crippen LogP contribution in [0.5, 0.6) is 0 Å². The second kappa shape index (κ2) is 5.22. The van der Waals surface area contributed by atoms with Crippen LogP contribution in [0.3, 0.4) is 0 Å². The molecule has 0 radical (unpaired) electrons. The van der Waals surface area contributed by atoms with Crippen LogP contribution < -0.4 is 0 Å². The molecular weight excluding hydrogens is 242 g/mol. The number of hydrogen-bond acceptors (Lipinski definition) is 3. The van der Waals surface area contributed by atoms with E-state index in [1.807, 2.05) is 0 Å². The van der Waals surface area contributed by atoms with Gasteiger partial charge in [-0.2, -0.15) is 0 Å². The van der Waals surface area contributed by atoms with E-state index in [4.69, 9.17) is 0 Å². The Balaban J connectivity index is 1.85. The van der Waals surface area contributed by atoms with Gasteiger partial charge in [0.05, 0.1) is 12.6 Å². The fourth-order valence-corrected chi connectivity index (χ4v) is 3.44. The van der Waals surface area contributed by atoms with Crippen LogP contribution in [0.2, 0.25) is 0 Å². The van der Waals surface area contributed by atoms with Gasteiger partial charge < -0.3 is 5.11 Å². The van der Waals surface area contributed by atoms with Crippen LogP contribution in [0.1, 0.15) is 22.0 Å². The van der Waals surface area contributed by atoms with E-state index in [2.05, 4.69) is 46.7 Å². The van der Waals surface area contributed by atoms with E-state index in [1.165, 1.54) is 16.0 Å². The average molecular weight is 259 g/mol. The van der Waals surface area contributed by atoms with Crippen molar-refractivity contribution < 1.29 is 5.11 Å². The molecule has 3 rings (SSSR count). The zero-order chi connectivity index (χ0) is 12.4. The fraction of sp³-hybridized carbons (Fsp3) is 0.333. The number of hydrogen-bond donors (Lipinski definition) is 1. The summed E-state index contributed by atoms with van der Waals surface area (Å²) in [6.07, 6.45) is 1.08. The molecule has 18 heavy (non-hydrogen) atoms. The minimum Gasteiger partial charge on any atom is -0.394 e. The first-order valence-corrected chi connectivity index (χ1v) is 7.21. The van der Waals surface area contributed by atoms with Crippen molar-refractivity contribution in [1.29, 1.82) is 0 Å². The number of aliphatic hydroxyl groups is 1. The molecule has 2 nitrogen and oxygen atoms in total. The smallest absolute Gasteiger partial charge is 0.0628 e. The maximum absolute atomic E-state index is 9.70. The summed E-state index contributed by atoms with van der Waals surface area (Å²) in [5.41, 5.74) is 2.68. The third-order valence-corrected chi connectivity index (χ3v) is 4.50. The van der Waals surface area contributed by atoms with Crippen LogP contribution >= 0.6 is 11.3 Å². The molecule has 0 aliphatic carbocycles. The molecule has 2 heterocycles. The molecule has 1 unspecified atom stereocenters. The quantitative estimate of drug-likeness (QED) is 0.916. The molecular formula is C15H17NOS. The zero-order valence-corrected chi connectivity index (χ0v) is 11.1. The Kier molecular flexibility index (Phi) is 3.46. The predicted molar refractivity (Wildman–Crippen MR) is 74.7 cm³/mol. The highest BCUT2D eigenvalue weighted by Crippen LogP contribution is 2.30. The van der Waals surface area contributed by atoms with Crippen molar-refractivity contribution in [1.82, 2.24) is 4.90 Å². The maximum Gasteiger partial charge on any atom is 0.0628 e. The van der Waals surface area contributed by atoms with Gasteiger partial charge in [0.2, 0.25) is 0 Å². The van der Waals surface area contributed by atoms with Crippen molar-refractivity contribution >= 4 is 11.3 Å². The predicted octanol–water partition coefficient (Wildman–Crippen LogP) is 2.84. The van der Waals surface area contributed by atoms with E-state index < -0.39 is 0 Å². The molecule has 0 spiro atoms. The number of aliphatic hydroxyl groups excluding tert-OH is 1. The first-order chi connectivity index (χ1) is 8.88. The number of nitrogens with zero attached hydrogens (tertiary/aromatic N) is 1. The van der Waals surface area contributed by atoms with Crippen LogP contribution in [0.15, 0.2) is 41.8 Å². The zero-order valence-electron chi connectivity index (χ0n) is 10.2. The molecule has 0 amide bonds. The van der Waals surface area contributed by atoms with Gasteiger partial charge in [0, 0.05) is 18.0 Å². The topological polar surface area (TPSA) is 23.5 Å². The van der Waals surface area contributed by atoms with Gasteiger partial charge in [-0.1, -0.05) is 30.3 Å². The normalized spacial score (nSPS) is 19.7. The summed E-state index contributed by atoms with van der Waals surface area (Å²) in [6.45, 7) is 2.17. The first-order valence-electron chi connectivity index (χ1n) is 6.33. The molecule has 1 aliphatic heterocycles. The number of benzene rings is 1. The summed E-state index contributed by atoms with van der Waals surface area (Å²) in [5, 5.41) is 11.8. The molecule has 1 N–H and O–H groups in total. The summed E-state index contributed by atoms with van der Waals surface area (Å²) < 4.78 is 0. The minimum absolute atomic E-state index is 0.150. The molecule has 0 saturated carbocycles. The van der Waals surface area contributed by atoms with Crippen molar-refractivity contribution in [3.05, 3.63) is 57.8 Å². The Morgan fingerprint density at radius 2 is 2.11 bits per heavy atom. The Morgan fingerprint density at radius 3 is 2.89 bits per heavy atom. The molecule has 0 bridgehead atoms. The number of thiophene rings is 1. The number of rotatable bonds is 3. The Morgan fingerprint density at radius 1 is 1.22 bits per heavy atom. The van der Waals surface area contributed by atoms with Gasteiger partial charge in [-0.05, 0) is 29.0 Å².